The van der Waals surface area contributed by atoms with Crippen molar-refractivity contribution in [3.63, 3.8) is 0 Å². The van der Waals surface area contributed by atoms with Gasteiger partial charge in [-0.1, -0.05) is 6.92 Å². The average molecular weight is 307 g/mol. The Morgan fingerprint density at radius 1 is 1.32 bits per heavy atom. The average Bonchev–Trinajstić information content (AvgIpc) is 2.80. The predicted molar refractivity (Wildman–Crippen MR) is 81.6 cm³/mol. The molecule has 0 bridgehead atoms. The lowest BCUT2D eigenvalue weighted by Gasteiger charge is -2.15. The minimum atomic E-state index is -0.380. The molecule has 1 atom stereocenters. The summed E-state index contributed by atoms with van der Waals surface area (Å²) in [6.07, 6.45) is 1.75. The number of rotatable bonds is 8. The van der Waals surface area contributed by atoms with Gasteiger partial charge in [-0.3, -0.25) is 9.59 Å². The van der Waals surface area contributed by atoms with Crippen LogP contribution in [0.15, 0.2) is 24.3 Å². The van der Waals surface area contributed by atoms with Crippen molar-refractivity contribution in [1.82, 2.24) is 0 Å². The van der Waals surface area contributed by atoms with E-state index < -0.39 is 0 Å². The molecule has 0 aromatic heterocycles. The monoisotopic (exact) mass is 307 g/mol. The number of quaternary nitrogens is 1. The number of hydrogen-bond donors (Lipinski definition) is 2. The first kappa shape index (κ1) is 16.5. The van der Waals surface area contributed by atoms with E-state index in [-0.39, 0.29) is 30.9 Å². The molecule has 1 aromatic carbocycles. The van der Waals surface area contributed by atoms with Crippen LogP contribution >= 0.6 is 0 Å². The van der Waals surface area contributed by atoms with E-state index in [2.05, 4.69) is 0 Å². The molecule has 1 aromatic rings. The highest BCUT2D eigenvalue weighted by Gasteiger charge is 2.41. The van der Waals surface area contributed by atoms with Crippen molar-refractivity contribution in [3.8, 4) is 5.75 Å². The van der Waals surface area contributed by atoms with E-state index in [1.807, 2.05) is 12.2 Å². The quantitative estimate of drug-likeness (QED) is 0.525. The van der Waals surface area contributed by atoms with Crippen LogP contribution in [-0.2, 0) is 9.59 Å². The van der Waals surface area contributed by atoms with E-state index in [4.69, 9.17) is 9.84 Å². The first-order chi connectivity index (χ1) is 10.7. The Morgan fingerprint density at radius 2 is 2.05 bits per heavy atom. The normalized spacial score (nSPS) is 18.1. The van der Waals surface area contributed by atoms with Gasteiger partial charge in [0.25, 0.3) is 5.91 Å². The third-order valence-electron chi connectivity index (χ3n) is 3.56. The van der Waals surface area contributed by atoms with Crippen LogP contribution in [0.5, 0.6) is 5.75 Å². The highest BCUT2D eigenvalue weighted by Crippen LogP contribution is 2.24. The summed E-state index contributed by atoms with van der Waals surface area (Å²) < 4.78 is 5.49. The maximum absolute atomic E-state index is 12.3. The Kier molecular flexibility index (Phi) is 5.91. The molecule has 0 aliphatic carbocycles. The fourth-order valence-corrected chi connectivity index (χ4v) is 2.43. The Balaban J connectivity index is 2.01. The van der Waals surface area contributed by atoms with E-state index in [0.717, 1.165) is 12.2 Å². The molecule has 22 heavy (non-hydrogen) atoms. The molecular formula is C16H23N2O4+. The van der Waals surface area contributed by atoms with Crippen LogP contribution in [0.25, 0.3) is 0 Å². The van der Waals surface area contributed by atoms with Gasteiger partial charge in [0.2, 0.25) is 5.91 Å². The van der Waals surface area contributed by atoms with Crippen LogP contribution in [0.1, 0.15) is 26.2 Å². The number of amides is 2. The van der Waals surface area contributed by atoms with Crippen LogP contribution in [0.3, 0.4) is 0 Å². The van der Waals surface area contributed by atoms with Gasteiger partial charge in [0, 0.05) is 13.0 Å². The van der Waals surface area contributed by atoms with Gasteiger partial charge in [-0.15, -0.1) is 0 Å². The second-order valence-corrected chi connectivity index (χ2v) is 5.32. The van der Waals surface area contributed by atoms with Crippen molar-refractivity contribution < 1.29 is 24.7 Å². The van der Waals surface area contributed by atoms with E-state index >= 15 is 0 Å². The van der Waals surface area contributed by atoms with Gasteiger partial charge in [0.05, 0.1) is 25.3 Å². The van der Waals surface area contributed by atoms with Crippen LogP contribution in [0.2, 0.25) is 0 Å². The van der Waals surface area contributed by atoms with Gasteiger partial charge in [0.1, 0.15) is 5.75 Å². The number of ether oxygens (including phenoxy) is 1. The number of carbonyl (C=O) groups is 2. The number of imide groups is 1. The number of anilines is 1. The Morgan fingerprint density at radius 3 is 2.68 bits per heavy atom. The molecule has 6 nitrogen and oxygen atoms in total. The minimum Gasteiger partial charge on any atom is -0.494 e. The van der Waals surface area contributed by atoms with Gasteiger partial charge >= 0.3 is 0 Å². The number of aliphatic hydroxyl groups excluding tert-OH is 1. The highest BCUT2D eigenvalue weighted by molar-refractivity contribution is 6.21. The molecule has 3 N–H and O–H groups in total. The number of nitrogens with zero attached hydrogens (tertiary/aromatic N) is 1. The first-order valence-electron chi connectivity index (χ1n) is 7.71. The third-order valence-corrected chi connectivity index (χ3v) is 3.56. The Labute approximate surface area is 130 Å². The fourth-order valence-electron chi connectivity index (χ4n) is 2.43. The lowest BCUT2D eigenvalue weighted by atomic mass is 10.2. The molecule has 0 spiro atoms. The Hall–Kier alpha value is -1.92. The summed E-state index contributed by atoms with van der Waals surface area (Å²) in [5, 5.41) is 10.6. The summed E-state index contributed by atoms with van der Waals surface area (Å²) >= 11 is 0. The van der Waals surface area contributed by atoms with Crippen molar-refractivity contribution in [2.75, 3.05) is 24.7 Å². The van der Waals surface area contributed by atoms with Gasteiger partial charge < -0.3 is 15.2 Å². The largest absolute Gasteiger partial charge is 0.494 e. The predicted octanol–water partition coefficient (Wildman–Crippen LogP) is 0.0531. The maximum Gasteiger partial charge on any atom is 0.292 e. The molecule has 0 saturated carbocycles. The first-order valence-corrected chi connectivity index (χ1v) is 7.71. The molecule has 0 unspecified atom stereocenters. The molecule has 1 saturated heterocycles. The summed E-state index contributed by atoms with van der Waals surface area (Å²) in [7, 11) is 0. The summed E-state index contributed by atoms with van der Waals surface area (Å²) in [5.74, 6) is 0.360. The van der Waals surface area contributed by atoms with Gasteiger partial charge in [0.15, 0.2) is 6.04 Å². The zero-order valence-electron chi connectivity index (χ0n) is 12.8. The SMILES string of the molecule is CCCOc1ccc(N2C(=O)C[C@H]([NH2+]CCCO)C2=O)cc1. The van der Waals surface area contributed by atoms with Crippen molar-refractivity contribution in [2.45, 2.75) is 32.2 Å². The van der Waals surface area contributed by atoms with Crippen LogP contribution in [-0.4, -0.2) is 42.7 Å². The van der Waals surface area contributed by atoms with Crippen LogP contribution in [0, 0.1) is 0 Å². The highest BCUT2D eigenvalue weighted by atomic mass is 16.5. The minimum absolute atomic E-state index is 0.0916. The second-order valence-electron chi connectivity index (χ2n) is 5.32. The van der Waals surface area contributed by atoms with E-state index in [0.29, 0.717) is 25.3 Å². The Bertz CT molecular complexity index is 515. The van der Waals surface area contributed by atoms with Crippen LogP contribution < -0.4 is 15.0 Å². The van der Waals surface area contributed by atoms with Crippen LogP contribution in [0.4, 0.5) is 5.69 Å². The number of benzene rings is 1. The zero-order valence-corrected chi connectivity index (χ0v) is 12.8. The molecule has 6 heteroatoms. The molecule has 2 rings (SSSR count). The summed E-state index contributed by atoms with van der Waals surface area (Å²) in [4.78, 5) is 25.7. The second kappa shape index (κ2) is 7.91. The molecule has 2 amide bonds. The molecule has 1 aliphatic heterocycles. The number of nitrogens with two attached hydrogens (primary N) is 1. The molecule has 120 valence electrons. The molecule has 0 radical (unpaired) electrons. The van der Waals surface area contributed by atoms with Crippen molar-refractivity contribution >= 4 is 17.5 Å². The molecular weight excluding hydrogens is 284 g/mol. The van der Waals surface area contributed by atoms with E-state index in [1.54, 1.807) is 24.3 Å². The lowest BCUT2D eigenvalue weighted by molar-refractivity contribution is -0.674. The van der Waals surface area contributed by atoms with Gasteiger partial charge in [-0.05, 0) is 30.7 Å². The van der Waals surface area contributed by atoms with Gasteiger partial charge in [-0.25, -0.2) is 4.90 Å². The number of aliphatic hydroxyl groups is 1. The lowest BCUT2D eigenvalue weighted by Crippen LogP contribution is -2.91. The molecule has 1 heterocycles. The molecule has 1 fully saturated rings. The zero-order chi connectivity index (χ0) is 15.9. The van der Waals surface area contributed by atoms with Crippen molar-refractivity contribution in [2.24, 2.45) is 0 Å². The number of hydrogen-bond acceptors (Lipinski definition) is 4. The maximum atomic E-state index is 12.3. The van der Waals surface area contributed by atoms with E-state index in [9.17, 15) is 9.59 Å². The smallest absolute Gasteiger partial charge is 0.292 e. The standard InChI is InChI=1S/C16H22N2O4/c1-2-10-22-13-6-4-12(5-7-13)18-15(20)11-14(16(18)21)17-8-3-9-19/h4-7,14,17,19H,2-3,8-11H2,1H3/p+1/t14-/m0/s1. The van der Waals surface area contributed by atoms with E-state index in [1.165, 1.54) is 4.90 Å². The summed E-state index contributed by atoms with van der Waals surface area (Å²) in [6, 6.07) is 6.63. The third kappa shape index (κ3) is 3.84. The van der Waals surface area contributed by atoms with Crippen molar-refractivity contribution in [1.29, 1.82) is 0 Å². The number of carbonyl (C=O) groups excluding carboxylic acids is 2. The summed E-state index contributed by atoms with van der Waals surface area (Å²) in [5.41, 5.74) is 0.580. The van der Waals surface area contributed by atoms with Gasteiger partial charge in [-0.2, -0.15) is 0 Å². The fraction of sp³-hybridized carbons (Fsp3) is 0.500. The summed E-state index contributed by atoms with van der Waals surface area (Å²) in [6.45, 7) is 3.40. The molecule has 1 aliphatic rings. The topological polar surface area (TPSA) is 83.4 Å². The van der Waals surface area contributed by atoms with Crippen molar-refractivity contribution in [3.05, 3.63) is 24.3 Å².